The molecule has 1 atom stereocenters. The standard InChI is InChI=1S/C22H29N5O5/c1-3-5-11-27-18(23)17(20(29)25-22(27)31)26(4-2)21(30)14-8-6-9-15(13-14)24-19(28)16-10-7-12-32-16/h6,8-9,13,16H,3-5,7,10-12,23H2,1-2H3,(H,24,28)(H,25,29,31). The van der Waals surface area contributed by atoms with Crippen molar-refractivity contribution in [3.8, 4) is 0 Å². The van der Waals surface area contributed by atoms with E-state index in [0.717, 1.165) is 12.8 Å². The third-order valence-corrected chi connectivity index (χ3v) is 5.38. The van der Waals surface area contributed by atoms with Crippen molar-refractivity contribution in [2.24, 2.45) is 0 Å². The number of unbranched alkanes of at least 4 members (excludes halogenated alkanes) is 1. The number of carbonyl (C=O) groups is 2. The number of benzene rings is 1. The van der Waals surface area contributed by atoms with Crippen molar-refractivity contribution < 1.29 is 14.3 Å². The van der Waals surface area contributed by atoms with Gasteiger partial charge in [-0.15, -0.1) is 0 Å². The molecule has 0 radical (unpaired) electrons. The minimum Gasteiger partial charge on any atom is -0.383 e. The number of hydrogen-bond donors (Lipinski definition) is 3. The molecule has 10 heteroatoms. The zero-order valence-electron chi connectivity index (χ0n) is 18.3. The molecule has 3 rings (SSSR count). The maximum Gasteiger partial charge on any atom is 0.330 e. The molecule has 1 saturated heterocycles. The Morgan fingerprint density at radius 3 is 2.75 bits per heavy atom. The lowest BCUT2D eigenvalue weighted by Crippen LogP contribution is -2.41. The van der Waals surface area contributed by atoms with E-state index in [2.05, 4.69) is 10.3 Å². The molecule has 0 bridgehead atoms. The first kappa shape index (κ1) is 23.3. The van der Waals surface area contributed by atoms with Crippen molar-refractivity contribution >= 4 is 29.0 Å². The summed E-state index contributed by atoms with van der Waals surface area (Å²) in [5.74, 6) is -0.785. The Morgan fingerprint density at radius 1 is 1.31 bits per heavy atom. The molecule has 0 aliphatic carbocycles. The van der Waals surface area contributed by atoms with Crippen LogP contribution in [-0.2, 0) is 16.1 Å². The maximum absolute atomic E-state index is 13.3. The third kappa shape index (κ3) is 4.91. The number of carbonyl (C=O) groups excluding carboxylic acids is 2. The average molecular weight is 444 g/mol. The van der Waals surface area contributed by atoms with Gasteiger partial charge in [0, 0.05) is 30.9 Å². The van der Waals surface area contributed by atoms with Gasteiger partial charge in [-0.2, -0.15) is 0 Å². The quantitative estimate of drug-likeness (QED) is 0.567. The zero-order valence-corrected chi connectivity index (χ0v) is 18.3. The van der Waals surface area contributed by atoms with Crippen LogP contribution in [0.2, 0.25) is 0 Å². The second-order valence-electron chi connectivity index (χ2n) is 7.62. The summed E-state index contributed by atoms with van der Waals surface area (Å²) in [6.07, 6.45) is 2.52. The highest BCUT2D eigenvalue weighted by molar-refractivity contribution is 6.08. The molecule has 2 amide bonds. The van der Waals surface area contributed by atoms with Gasteiger partial charge in [0.1, 0.15) is 11.9 Å². The second-order valence-corrected chi connectivity index (χ2v) is 7.62. The van der Waals surface area contributed by atoms with Gasteiger partial charge < -0.3 is 20.7 Å². The van der Waals surface area contributed by atoms with E-state index < -0.39 is 23.3 Å². The highest BCUT2D eigenvalue weighted by atomic mass is 16.5. The summed E-state index contributed by atoms with van der Waals surface area (Å²) in [6.45, 7) is 4.73. The van der Waals surface area contributed by atoms with E-state index in [1.54, 1.807) is 25.1 Å². The monoisotopic (exact) mass is 443 g/mol. The third-order valence-electron chi connectivity index (χ3n) is 5.38. The molecule has 32 heavy (non-hydrogen) atoms. The lowest BCUT2D eigenvalue weighted by Gasteiger charge is -2.23. The normalized spacial score (nSPS) is 15.5. The lowest BCUT2D eigenvalue weighted by molar-refractivity contribution is -0.124. The molecular formula is C22H29N5O5. The highest BCUT2D eigenvalue weighted by Crippen LogP contribution is 2.22. The minimum absolute atomic E-state index is 0.0507. The first-order chi connectivity index (χ1) is 15.4. The van der Waals surface area contributed by atoms with Gasteiger partial charge in [-0.05, 0) is 44.4 Å². The summed E-state index contributed by atoms with van der Waals surface area (Å²) in [6, 6.07) is 6.44. The van der Waals surface area contributed by atoms with Gasteiger partial charge in [0.05, 0.1) is 0 Å². The van der Waals surface area contributed by atoms with Crippen LogP contribution in [0.1, 0.15) is 49.9 Å². The predicted octanol–water partition coefficient (Wildman–Crippen LogP) is 1.70. The van der Waals surface area contributed by atoms with E-state index in [-0.39, 0.29) is 29.5 Å². The SMILES string of the molecule is CCCCn1c(N)c(N(CC)C(=O)c2cccc(NC(=O)C3CCCO3)c2)c(=O)[nH]c1=O. The molecule has 0 saturated carbocycles. The summed E-state index contributed by atoms with van der Waals surface area (Å²) in [5.41, 5.74) is 5.48. The lowest BCUT2D eigenvalue weighted by atomic mass is 10.1. The van der Waals surface area contributed by atoms with Crippen molar-refractivity contribution in [2.75, 3.05) is 29.1 Å². The Morgan fingerprint density at radius 2 is 2.09 bits per heavy atom. The molecule has 1 unspecified atom stereocenters. The Labute approximate surface area is 185 Å². The number of hydrogen-bond acceptors (Lipinski definition) is 6. The number of aromatic nitrogens is 2. The first-order valence-electron chi connectivity index (χ1n) is 10.8. The van der Waals surface area contributed by atoms with Crippen LogP contribution in [0.5, 0.6) is 0 Å². The number of H-pyrrole nitrogens is 1. The van der Waals surface area contributed by atoms with Gasteiger partial charge in [0.25, 0.3) is 17.4 Å². The van der Waals surface area contributed by atoms with Crippen LogP contribution in [0, 0.1) is 0 Å². The maximum atomic E-state index is 13.3. The number of amides is 2. The fourth-order valence-corrected chi connectivity index (χ4v) is 3.67. The van der Waals surface area contributed by atoms with Gasteiger partial charge in [0.2, 0.25) is 0 Å². The molecule has 2 heterocycles. The van der Waals surface area contributed by atoms with Crippen LogP contribution in [0.4, 0.5) is 17.2 Å². The molecule has 2 aromatic rings. The van der Waals surface area contributed by atoms with Gasteiger partial charge >= 0.3 is 5.69 Å². The van der Waals surface area contributed by atoms with Gasteiger partial charge in [-0.3, -0.25) is 23.9 Å². The van der Waals surface area contributed by atoms with Crippen LogP contribution in [-0.4, -0.2) is 40.6 Å². The first-order valence-corrected chi connectivity index (χ1v) is 10.8. The van der Waals surface area contributed by atoms with Crippen molar-refractivity contribution in [2.45, 2.75) is 52.2 Å². The zero-order chi connectivity index (χ0) is 23.3. The molecule has 1 aromatic carbocycles. The van der Waals surface area contributed by atoms with Crippen LogP contribution < -0.4 is 27.2 Å². The summed E-state index contributed by atoms with van der Waals surface area (Å²) in [5, 5.41) is 2.77. The molecule has 4 N–H and O–H groups in total. The Balaban J connectivity index is 1.90. The number of ether oxygens (including phenoxy) is 1. The molecule has 0 spiro atoms. The minimum atomic E-state index is -0.724. The fourth-order valence-electron chi connectivity index (χ4n) is 3.67. The molecular weight excluding hydrogens is 414 g/mol. The van der Waals surface area contributed by atoms with Gasteiger partial charge in [-0.1, -0.05) is 19.4 Å². The van der Waals surface area contributed by atoms with E-state index in [4.69, 9.17) is 10.5 Å². The van der Waals surface area contributed by atoms with Crippen molar-refractivity contribution in [1.29, 1.82) is 0 Å². The molecule has 1 aliphatic heterocycles. The van der Waals surface area contributed by atoms with Crippen molar-refractivity contribution in [3.05, 3.63) is 50.7 Å². The number of nitrogens with one attached hydrogen (secondary N) is 2. The number of nitrogens with two attached hydrogens (primary N) is 1. The van der Waals surface area contributed by atoms with E-state index in [0.29, 0.717) is 31.7 Å². The average Bonchev–Trinajstić information content (AvgIpc) is 3.31. The van der Waals surface area contributed by atoms with Gasteiger partial charge in [-0.25, -0.2) is 4.79 Å². The number of nitrogens with zero attached hydrogens (tertiary/aromatic N) is 2. The van der Waals surface area contributed by atoms with Crippen LogP contribution in [0.25, 0.3) is 0 Å². The van der Waals surface area contributed by atoms with E-state index in [1.807, 2.05) is 6.92 Å². The highest BCUT2D eigenvalue weighted by Gasteiger charge is 2.26. The summed E-state index contributed by atoms with van der Waals surface area (Å²) >= 11 is 0. The van der Waals surface area contributed by atoms with Crippen LogP contribution in [0.15, 0.2) is 33.9 Å². The fraction of sp³-hybridized carbons (Fsp3) is 0.455. The summed E-state index contributed by atoms with van der Waals surface area (Å²) < 4.78 is 6.66. The number of anilines is 3. The Hall–Kier alpha value is -3.40. The van der Waals surface area contributed by atoms with Crippen molar-refractivity contribution in [3.63, 3.8) is 0 Å². The Kier molecular flexibility index (Phi) is 7.47. The molecule has 1 aliphatic rings. The molecule has 172 valence electrons. The second kappa shape index (κ2) is 10.3. The predicted molar refractivity (Wildman–Crippen MR) is 122 cm³/mol. The van der Waals surface area contributed by atoms with E-state index in [1.165, 1.54) is 15.5 Å². The van der Waals surface area contributed by atoms with Crippen LogP contribution in [0.3, 0.4) is 0 Å². The smallest absolute Gasteiger partial charge is 0.330 e. The molecule has 1 fully saturated rings. The van der Waals surface area contributed by atoms with Crippen LogP contribution >= 0.6 is 0 Å². The van der Waals surface area contributed by atoms with Gasteiger partial charge in [0.15, 0.2) is 5.69 Å². The van der Waals surface area contributed by atoms with Crippen molar-refractivity contribution in [1.82, 2.24) is 9.55 Å². The molecule has 1 aromatic heterocycles. The number of nitrogen functional groups attached to an aromatic ring is 1. The van der Waals surface area contributed by atoms with E-state index in [9.17, 15) is 19.2 Å². The number of rotatable bonds is 8. The topological polar surface area (TPSA) is 140 Å². The largest absolute Gasteiger partial charge is 0.383 e. The Bertz CT molecular complexity index is 1100. The summed E-state index contributed by atoms with van der Waals surface area (Å²) in [4.78, 5) is 53.9. The van der Waals surface area contributed by atoms with E-state index >= 15 is 0 Å². The number of aromatic amines is 1. The molecule has 10 nitrogen and oxygen atoms in total. The summed E-state index contributed by atoms with van der Waals surface area (Å²) in [7, 11) is 0.